The molecule has 1 heterocycles. The molecule has 112 valence electrons. The van der Waals surface area contributed by atoms with E-state index in [1.165, 1.54) is 5.56 Å². The number of halogens is 1. The highest BCUT2D eigenvalue weighted by atomic mass is 35.5. The van der Waals surface area contributed by atoms with Crippen LogP contribution in [0.5, 0.6) is 5.88 Å². The van der Waals surface area contributed by atoms with Crippen LogP contribution in [0.2, 0.25) is 5.02 Å². The van der Waals surface area contributed by atoms with E-state index in [1.807, 2.05) is 37.4 Å². The summed E-state index contributed by atoms with van der Waals surface area (Å²) in [6, 6.07) is 11.8. The molecule has 0 bridgehead atoms. The number of aryl methyl sites for hydroxylation is 1. The van der Waals surface area contributed by atoms with Gasteiger partial charge < -0.3 is 10.1 Å². The molecule has 1 N–H and O–H groups in total. The van der Waals surface area contributed by atoms with Crippen LogP contribution >= 0.6 is 11.6 Å². The molecule has 0 aliphatic carbocycles. The minimum absolute atomic E-state index is 0.432. The summed E-state index contributed by atoms with van der Waals surface area (Å²) in [5, 5.41) is 3.88. The average molecular weight is 305 g/mol. The highest BCUT2D eigenvalue weighted by molar-refractivity contribution is 6.31. The van der Waals surface area contributed by atoms with Crippen LogP contribution in [-0.4, -0.2) is 12.0 Å². The Labute approximate surface area is 131 Å². The van der Waals surface area contributed by atoms with Crippen molar-refractivity contribution in [2.75, 3.05) is 7.05 Å². The molecule has 21 heavy (non-hydrogen) atoms. The molecule has 0 unspecified atom stereocenters. The van der Waals surface area contributed by atoms with E-state index >= 15 is 0 Å². The van der Waals surface area contributed by atoms with E-state index in [0.29, 0.717) is 12.5 Å². The fourth-order valence-corrected chi connectivity index (χ4v) is 2.34. The van der Waals surface area contributed by atoms with E-state index in [-0.39, 0.29) is 0 Å². The number of hydrogen-bond acceptors (Lipinski definition) is 3. The first-order valence-electron chi connectivity index (χ1n) is 7.23. The van der Waals surface area contributed by atoms with Gasteiger partial charge in [-0.25, -0.2) is 4.98 Å². The van der Waals surface area contributed by atoms with Crippen molar-refractivity contribution in [3.05, 3.63) is 58.2 Å². The number of aromatic nitrogens is 1. The second kappa shape index (κ2) is 8.01. The van der Waals surface area contributed by atoms with Gasteiger partial charge >= 0.3 is 0 Å². The first kappa shape index (κ1) is 15.8. The quantitative estimate of drug-likeness (QED) is 0.840. The lowest BCUT2D eigenvalue weighted by molar-refractivity contribution is 0.292. The number of ether oxygens (including phenoxy) is 1. The summed E-state index contributed by atoms with van der Waals surface area (Å²) in [6.45, 7) is 3.39. The topological polar surface area (TPSA) is 34.1 Å². The van der Waals surface area contributed by atoms with E-state index < -0.39 is 0 Å². The van der Waals surface area contributed by atoms with Crippen molar-refractivity contribution in [2.24, 2.45) is 0 Å². The van der Waals surface area contributed by atoms with Crippen LogP contribution in [-0.2, 0) is 19.6 Å². The summed E-state index contributed by atoms with van der Waals surface area (Å²) in [5.74, 6) is 0.658. The maximum atomic E-state index is 6.14. The number of benzene rings is 1. The Hall–Kier alpha value is -1.58. The molecule has 0 aliphatic heterocycles. The standard InChI is InChI=1S/C17H21ClN2O/c1-3-6-15-9-13(11-19-2)10-17(20-15)21-12-14-7-4-5-8-16(14)18/h4-5,7-10,19H,3,6,11-12H2,1-2H3. The maximum Gasteiger partial charge on any atom is 0.214 e. The fourth-order valence-electron chi connectivity index (χ4n) is 2.15. The number of rotatable bonds is 7. The third-order valence-corrected chi connectivity index (χ3v) is 3.50. The van der Waals surface area contributed by atoms with Crippen LogP contribution in [0, 0.1) is 0 Å². The van der Waals surface area contributed by atoms with Gasteiger partial charge in [-0.15, -0.1) is 0 Å². The molecular formula is C17H21ClN2O. The van der Waals surface area contributed by atoms with Crippen molar-refractivity contribution in [1.29, 1.82) is 0 Å². The molecule has 0 atom stereocenters. The number of nitrogens with zero attached hydrogens (tertiary/aromatic N) is 1. The molecular weight excluding hydrogens is 284 g/mol. The minimum atomic E-state index is 0.432. The molecule has 0 amide bonds. The molecule has 0 radical (unpaired) electrons. The zero-order valence-corrected chi connectivity index (χ0v) is 13.3. The molecule has 0 saturated heterocycles. The van der Waals surface area contributed by atoms with Crippen molar-refractivity contribution in [2.45, 2.75) is 32.9 Å². The van der Waals surface area contributed by atoms with Crippen LogP contribution in [0.3, 0.4) is 0 Å². The van der Waals surface area contributed by atoms with Gasteiger partial charge in [-0.05, 0) is 31.2 Å². The predicted octanol–water partition coefficient (Wildman–Crippen LogP) is 3.99. The van der Waals surface area contributed by atoms with Gasteiger partial charge in [0.2, 0.25) is 5.88 Å². The van der Waals surface area contributed by atoms with E-state index in [2.05, 4.69) is 23.3 Å². The maximum absolute atomic E-state index is 6.14. The van der Waals surface area contributed by atoms with Gasteiger partial charge in [-0.2, -0.15) is 0 Å². The highest BCUT2D eigenvalue weighted by Crippen LogP contribution is 2.19. The fraction of sp³-hybridized carbons (Fsp3) is 0.353. The normalized spacial score (nSPS) is 10.6. The Kier molecular flexibility index (Phi) is 6.03. The van der Waals surface area contributed by atoms with Crippen LogP contribution in [0.1, 0.15) is 30.2 Å². The van der Waals surface area contributed by atoms with Crippen molar-refractivity contribution >= 4 is 11.6 Å². The van der Waals surface area contributed by atoms with Gasteiger partial charge in [0.05, 0.1) is 0 Å². The van der Waals surface area contributed by atoms with Crippen LogP contribution in [0.25, 0.3) is 0 Å². The first-order chi connectivity index (χ1) is 10.2. The smallest absolute Gasteiger partial charge is 0.214 e. The van der Waals surface area contributed by atoms with Gasteiger partial charge in [0, 0.05) is 28.9 Å². The molecule has 0 aliphatic rings. The molecule has 2 rings (SSSR count). The van der Waals surface area contributed by atoms with Gasteiger partial charge in [-0.3, -0.25) is 0 Å². The minimum Gasteiger partial charge on any atom is -0.473 e. The zero-order chi connectivity index (χ0) is 15.1. The van der Waals surface area contributed by atoms with Crippen molar-refractivity contribution in [3.8, 4) is 5.88 Å². The Balaban J connectivity index is 2.13. The molecule has 1 aromatic carbocycles. The molecule has 4 heteroatoms. The average Bonchev–Trinajstić information content (AvgIpc) is 2.47. The Morgan fingerprint density at radius 3 is 2.76 bits per heavy atom. The summed E-state index contributed by atoms with van der Waals surface area (Å²) in [6.07, 6.45) is 2.03. The molecule has 3 nitrogen and oxygen atoms in total. The third kappa shape index (κ3) is 4.73. The van der Waals surface area contributed by atoms with E-state index in [4.69, 9.17) is 16.3 Å². The first-order valence-corrected chi connectivity index (χ1v) is 7.61. The molecule has 2 aromatic rings. The lowest BCUT2D eigenvalue weighted by Crippen LogP contribution is -2.07. The van der Waals surface area contributed by atoms with Gasteiger partial charge in [0.25, 0.3) is 0 Å². The lowest BCUT2D eigenvalue weighted by Gasteiger charge is -2.11. The van der Waals surface area contributed by atoms with E-state index in [9.17, 15) is 0 Å². The van der Waals surface area contributed by atoms with Crippen LogP contribution in [0.4, 0.5) is 0 Å². The number of pyridine rings is 1. The Morgan fingerprint density at radius 1 is 1.24 bits per heavy atom. The van der Waals surface area contributed by atoms with Gasteiger partial charge in [-0.1, -0.05) is 43.1 Å². The highest BCUT2D eigenvalue weighted by Gasteiger charge is 2.05. The zero-order valence-electron chi connectivity index (χ0n) is 12.5. The largest absolute Gasteiger partial charge is 0.473 e. The van der Waals surface area contributed by atoms with Gasteiger partial charge in [0.1, 0.15) is 6.61 Å². The second-order valence-electron chi connectivity index (χ2n) is 4.97. The van der Waals surface area contributed by atoms with Crippen molar-refractivity contribution in [3.63, 3.8) is 0 Å². The van der Waals surface area contributed by atoms with Crippen molar-refractivity contribution in [1.82, 2.24) is 10.3 Å². The van der Waals surface area contributed by atoms with Crippen LogP contribution in [0.15, 0.2) is 36.4 Å². The lowest BCUT2D eigenvalue weighted by atomic mass is 10.1. The summed E-state index contributed by atoms with van der Waals surface area (Å²) in [4.78, 5) is 4.56. The Bertz CT molecular complexity index is 563. The summed E-state index contributed by atoms with van der Waals surface area (Å²) >= 11 is 6.14. The predicted molar refractivity (Wildman–Crippen MR) is 86.8 cm³/mol. The summed E-state index contributed by atoms with van der Waals surface area (Å²) < 4.78 is 5.82. The SMILES string of the molecule is CCCc1cc(CNC)cc(OCc2ccccc2Cl)n1. The monoisotopic (exact) mass is 304 g/mol. The second-order valence-corrected chi connectivity index (χ2v) is 5.37. The van der Waals surface area contributed by atoms with E-state index in [0.717, 1.165) is 35.7 Å². The number of nitrogens with one attached hydrogen (secondary N) is 1. The molecule has 0 saturated carbocycles. The van der Waals surface area contributed by atoms with Crippen molar-refractivity contribution < 1.29 is 4.74 Å². The third-order valence-electron chi connectivity index (χ3n) is 3.14. The number of hydrogen-bond donors (Lipinski definition) is 1. The Morgan fingerprint density at radius 2 is 2.05 bits per heavy atom. The van der Waals surface area contributed by atoms with E-state index in [1.54, 1.807) is 0 Å². The molecule has 0 spiro atoms. The molecule has 0 fully saturated rings. The summed E-state index contributed by atoms with van der Waals surface area (Å²) in [5.41, 5.74) is 3.22. The molecule has 1 aromatic heterocycles. The summed E-state index contributed by atoms with van der Waals surface area (Å²) in [7, 11) is 1.93. The van der Waals surface area contributed by atoms with Gasteiger partial charge in [0.15, 0.2) is 0 Å². The van der Waals surface area contributed by atoms with Crippen LogP contribution < -0.4 is 10.1 Å².